The average Bonchev–Trinajstić information content (AvgIpc) is 2.84. The molecule has 0 aromatic carbocycles. The lowest BCUT2D eigenvalue weighted by molar-refractivity contribution is -0.169. The fourth-order valence-corrected chi connectivity index (χ4v) is 5.18. The van der Waals surface area contributed by atoms with Crippen LogP contribution < -0.4 is 0 Å². The van der Waals surface area contributed by atoms with Crippen molar-refractivity contribution < 1.29 is 23.1 Å². The molecular weight excluding hydrogens is 244 g/mol. The maximum absolute atomic E-state index is 12.0. The Bertz CT molecular complexity index is 421. The van der Waals surface area contributed by atoms with Gasteiger partial charge in [0.05, 0.1) is 29.6 Å². The molecule has 2 rings (SSSR count). The first kappa shape index (κ1) is 12.8. The van der Waals surface area contributed by atoms with Gasteiger partial charge in [0.25, 0.3) is 0 Å². The highest BCUT2D eigenvalue weighted by Gasteiger charge is 2.61. The number of carbonyl (C=O) groups is 1. The lowest BCUT2D eigenvalue weighted by Crippen LogP contribution is -2.53. The Morgan fingerprint density at radius 1 is 1.24 bits per heavy atom. The summed E-state index contributed by atoms with van der Waals surface area (Å²) >= 11 is 0. The smallest absolute Gasteiger partial charge is 0.314 e. The Balaban J connectivity index is 2.38. The van der Waals surface area contributed by atoms with Crippen molar-refractivity contribution in [3.05, 3.63) is 0 Å². The largest absolute Gasteiger partial charge is 0.469 e. The molecule has 1 atom stereocenters. The number of hydrogen-bond acceptors (Lipinski definition) is 5. The van der Waals surface area contributed by atoms with Gasteiger partial charge in [-0.25, -0.2) is 8.42 Å². The van der Waals surface area contributed by atoms with Crippen LogP contribution in [-0.4, -0.2) is 43.7 Å². The second-order valence-electron chi connectivity index (χ2n) is 5.15. The van der Waals surface area contributed by atoms with E-state index in [9.17, 15) is 18.3 Å². The third kappa shape index (κ3) is 1.87. The van der Waals surface area contributed by atoms with Crippen molar-refractivity contribution in [1.29, 1.82) is 0 Å². The number of esters is 1. The van der Waals surface area contributed by atoms with Crippen molar-refractivity contribution in [2.45, 2.75) is 37.7 Å². The third-order valence-corrected chi connectivity index (χ3v) is 5.95. The topological polar surface area (TPSA) is 80.7 Å². The lowest BCUT2D eigenvalue weighted by atomic mass is 9.70. The molecule has 0 aromatic rings. The normalized spacial score (nSPS) is 34.7. The minimum atomic E-state index is -3.23. The third-order valence-electron chi connectivity index (χ3n) is 4.21. The summed E-state index contributed by atoms with van der Waals surface area (Å²) in [5.74, 6) is -0.813. The Morgan fingerprint density at radius 2 is 1.82 bits per heavy atom. The molecule has 1 unspecified atom stereocenters. The van der Waals surface area contributed by atoms with E-state index in [0.717, 1.165) is 12.8 Å². The summed E-state index contributed by atoms with van der Waals surface area (Å²) in [7, 11) is -1.94. The van der Waals surface area contributed by atoms with E-state index in [0.29, 0.717) is 12.8 Å². The van der Waals surface area contributed by atoms with Gasteiger partial charge in [0.15, 0.2) is 9.84 Å². The summed E-state index contributed by atoms with van der Waals surface area (Å²) in [5.41, 5.74) is -2.44. The fourth-order valence-electron chi connectivity index (χ4n) is 3.24. The van der Waals surface area contributed by atoms with E-state index in [1.807, 2.05) is 0 Å². The molecule has 1 heterocycles. The van der Waals surface area contributed by atoms with E-state index in [-0.39, 0.29) is 17.9 Å². The number of ether oxygens (including phenoxy) is 1. The second-order valence-corrected chi connectivity index (χ2v) is 7.34. The number of carbonyl (C=O) groups excluding carboxylic acids is 1. The van der Waals surface area contributed by atoms with Crippen LogP contribution in [0.2, 0.25) is 0 Å². The fraction of sp³-hybridized carbons (Fsp3) is 0.909. The van der Waals surface area contributed by atoms with Crippen LogP contribution in [0, 0.1) is 5.41 Å². The highest BCUT2D eigenvalue weighted by atomic mass is 32.2. The quantitative estimate of drug-likeness (QED) is 0.722. The van der Waals surface area contributed by atoms with Gasteiger partial charge < -0.3 is 9.84 Å². The molecule has 1 saturated heterocycles. The SMILES string of the molecule is COC(=O)C1(C2(O)CCS(=O)(=O)C2)CCCC1. The summed E-state index contributed by atoms with van der Waals surface area (Å²) in [6.45, 7) is 0. The molecule has 0 amide bonds. The average molecular weight is 262 g/mol. The van der Waals surface area contributed by atoms with E-state index in [2.05, 4.69) is 0 Å². The molecule has 1 N–H and O–H groups in total. The van der Waals surface area contributed by atoms with Crippen LogP contribution in [-0.2, 0) is 19.4 Å². The Hall–Kier alpha value is -0.620. The molecule has 98 valence electrons. The first-order chi connectivity index (χ1) is 7.85. The molecule has 6 heteroatoms. The summed E-state index contributed by atoms with van der Waals surface area (Å²) in [6, 6.07) is 0. The molecule has 0 radical (unpaired) electrons. The van der Waals surface area contributed by atoms with Gasteiger partial charge in [-0.1, -0.05) is 12.8 Å². The Morgan fingerprint density at radius 3 is 2.24 bits per heavy atom. The van der Waals surface area contributed by atoms with Crippen molar-refractivity contribution in [1.82, 2.24) is 0 Å². The van der Waals surface area contributed by atoms with Crippen molar-refractivity contribution in [3.8, 4) is 0 Å². The number of sulfone groups is 1. The summed E-state index contributed by atoms with van der Waals surface area (Å²) in [4.78, 5) is 12.0. The molecule has 0 aromatic heterocycles. The molecular formula is C11H18O5S. The van der Waals surface area contributed by atoms with Crippen LogP contribution in [0.4, 0.5) is 0 Å². The standard InChI is InChI=1S/C11H18O5S/c1-16-9(12)10(4-2-3-5-10)11(13)6-7-17(14,15)8-11/h13H,2-8H2,1H3. The van der Waals surface area contributed by atoms with Crippen molar-refractivity contribution in [3.63, 3.8) is 0 Å². The molecule has 1 aliphatic heterocycles. The van der Waals surface area contributed by atoms with Crippen LogP contribution in [0.5, 0.6) is 0 Å². The summed E-state index contributed by atoms with van der Waals surface area (Å²) in [5, 5.41) is 10.6. The number of methoxy groups -OCH3 is 1. The predicted octanol–water partition coefficient (Wildman–Crippen LogP) is 0.269. The molecule has 2 aliphatic rings. The minimum absolute atomic E-state index is 0.0394. The van der Waals surface area contributed by atoms with E-state index < -0.39 is 26.8 Å². The van der Waals surface area contributed by atoms with Crippen LogP contribution >= 0.6 is 0 Å². The van der Waals surface area contributed by atoms with Crippen LogP contribution in [0.3, 0.4) is 0 Å². The zero-order chi connectivity index (χ0) is 12.7. The molecule has 0 bridgehead atoms. The Kier molecular flexibility index (Phi) is 2.98. The van der Waals surface area contributed by atoms with Crippen molar-refractivity contribution in [2.24, 2.45) is 5.41 Å². The first-order valence-electron chi connectivity index (χ1n) is 5.87. The van der Waals surface area contributed by atoms with Crippen molar-refractivity contribution in [2.75, 3.05) is 18.6 Å². The highest BCUT2D eigenvalue weighted by Crippen LogP contribution is 2.51. The van der Waals surface area contributed by atoms with Crippen LogP contribution in [0.25, 0.3) is 0 Å². The maximum Gasteiger partial charge on any atom is 0.314 e. The van der Waals surface area contributed by atoms with E-state index in [1.165, 1.54) is 7.11 Å². The Labute approximate surface area is 101 Å². The summed E-state index contributed by atoms with van der Waals surface area (Å²) in [6.07, 6.45) is 2.84. The molecule has 5 nitrogen and oxygen atoms in total. The van der Waals surface area contributed by atoms with Gasteiger partial charge in [-0.3, -0.25) is 4.79 Å². The van der Waals surface area contributed by atoms with Crippen LogP contribution in [0.15, 0.2) is 0 Å². The predicted molar refractivity (Wildman–Crippen MR) is 61.1 cm³/mol. The lowest BCUT2D eigenvalue weighted by Gasteiger charge is -2.39. The molecule has 1 saturated carbocycles. The first-order valence-corrected chi connectivity index (χ1v) is 7.69. The van der Waals surface area contributed by atoms with Gasteiger partial charge in [-0.15, -0.1) is 0 Å². The zero-order valence-corrected chi connectivity index (χ0v) is 10.8. The molecule has 2 fully saturated rings. The van der Waals surface area contributed by atoms with Gasteiger partial charge in [0.2, 0.25) is 0 Å². The van der Waals surface area contributed by atoms with Crippen LogP contribution in [0.1, 0.15) is 32.1 Å². The van der Waals surface area contributed by atoms with E-state index in [4.69, 9.17) is 4.74 Å². The van der Waals surface area contributed by atoms with E-state index in [1.54, 1.807) is 0 Å². The molecule has 17 heavy (non-hydrogen) atoms. The van der Waals surface area contributed by atoms with Gasteiger partial charge in [0.1, 0.15) is 0 Å². The second kappa shape index (κ2) is 3.95. The van der Waals surface area contributed by atoms with Gasteiger partial charge >= 0.3 is 5.97 Å². The minimum Gasteiger partial charge on any atom is -0.469 e. The number of rotatable bonds is 2. The molecule has 1 aliphatic carbocycles. The highest BCUT2D eigenvalue weighted by molar-refractivity contribution is 7.91. The number of aliphatic hydroxyl groups is 1. The monoisotopic (exact) mass is 262 g/mol. The summed E-state index contributed by atoms with van der Waals surface area (Å²) < 4.78 is 27.9. The van der Waals surface area contributed by atoms with Gasteiger partial charge in [-0.05, 0) is 19.3 Å². The zero-order valence-electron chi connectivity index (χ0n) is 9.94. The maximum atomic E-state index is 12.0. The van der Waals surface area contributed by atoms with Gasteiger partial charge in [-0.2, -0.15) is 0 Å². The van der Waals surface area contributed by atoms with Crippen molar-refractivity contribution >= 4 is 15.8 Å². The van der Waals surface area contributed by atoms with Gasteiger partial charge in [0, 0.05) is 0 Å². The van der Waals surface area contributed by atoms with E-state index >= 15 is 0 Å². The molecule has 0 spiro atoms. The number of hydrogen-bond donors (Lipinski definition) is 1.